The van der Waals surface area contributed by atoms with E-state index in [1.54, 1.807) is 6.92 Å². The van der Waals surface area contributed by atoms with E-state index in [9.17, 15) is 14.9 Å². The first kappa shape index (κ1) is 13.0. The Labute approximate surface area is 98.7 Å². The first-order valence-electron chi connectivity index (χ1n) is 5.23. The second-order valence-corrected chi connectivity index (χ2v) is 3.41. The molecule has 6 heteroatoms. The fraction of sp³-hybridized carbons (Fsp3) is 0.364. The molecule has 0 fully saturated rings. The molecule has 0 radical (unpaired) electrons. The minimum absolute atomic E-state index is 0.0111. The molecule has 0 aliphatic heterocycles. The van der Waals surface area contributed by atoms with Gasteiger partial charge in [0.2, 0.25) is 0 Å². The van der Waals surface area contributed by atoms with Gasteiger partial charge in [-0.2, -0.15) is 0 Å². The van der Waals surface area contributed by atoms with Gasteiger partial charge in [-0.05, 0) is 26.0 Å². The average Bonchev–Trinajstić information content (AvgIpc) is 2.30. The van der Waals surface area contributed by atoms with Crippen molar-refractivity contribution in [2.75, 3.05) is 6.54 Å². The molecule has 1 rings (SSSR count). The Hall–Kier alpha value is -2.11. The lowest BCUT2D eigenvalue weighted by Gasteiger charge is -2.13. The van der Waals surface area contributed by atoms with Crippen molar-refractivity contribution in [1.82, 2.24) is 5.32 Å². The van der Waals surface area contributed by atoms with Crippen molar-refractivity contribution in [2.24, 2.45) is 0 Å². The number of nitrogens with one attached hydrogen (secondary N) is 1. The van der Waals surface area contributed by atoms with Crippen LogP contribution in [0.3, 0.4) is 0 Å². The summed E-state index contributed by atoms with van der Waals surface area (Å²) in [5.41, 5.74) is -0.0111. The number of hydrogen-bond acceptors (Lipinski definition) is 4. The maximum Gasteiger partial charge on any atom is 0.269 e. The molecule has 0 saturated carbocycles. The van der Waals surface area contributed by atoms with E-state index in [0.717, 1.165) is 0 Å². The van der Waals surface area contributed by atoms with Crippen LogP contribution in [0.2, 0.25) is 0 Å². The number of nitro benzene ring substituents is 1. The lowest BCUT2D eigenvalue weighted by atomic mass is 10.3. The number of non-ortho nitro benzene ring substituents is 1. The summed E-state index contributed by atoms with van der Waals surface area (Å²) in [4.78, 5) is 21.3. The molecule has 1 atom stereocenters. The third-order valence-electron chi connectivity index (χ3n) is 2.08. The zero-order valence-corrected chi connectivity index (χ0v) is 9.67. The quantitative estimate of drug-likeness (QED) is 0.622. The van der Waals surface area contributed by atoms with Gasteiger partial charge in [-0.25, -0.2) is 0 Å². The third-order valence-corrected chi connectivity index (χ3v) is 2.08. The van der Waals surface area contributed by atoms with Gasteiger partial charge >= 0.3 is 0 Å². The Bertz CT molecular complexity index is 402. The van der Waals surface area contributed by atoms with Crippen molar-refractivity contribution < 1.29 is 14.5 Å². The predicted octanol–water partition coefficient (Wildman–Crippen LogP) is 1.50. The minimum atomic E-state index is -0.628. The van der Waals surface area contributed by atoms with E-state index in [2.05, 4.69) is 5.32 Å². The van der Waals surface area contributed by atoms with E-state index >= 15 is 0 Å². The molecule has 1 unspecified atom stereocenters. The van der Waals surface area contributed by atoms with Crippen LogP contribution in [0.5, 0.6) is 5.75 Å². The smallest absolute Gasteiger partial charge is 0.269 e. The molecule has 0 aliphatic carbocycles. The highest BCUT2D eigenvalue weighted by Crippen LogP contribution is 2.18. The second-order valence-electron chi connectivity index (χ2n) is 3.41. The lowest BCUT2D eigenvalue weighted by molar-refractivity contribution is -0.384. The zero-order valence-electron chi connectivity index (χ0n) is 9.67. The highest BCUT2D eigenvalue weighted by molar-refractivity contribution is 5.80. The van der Waals surface area contributed by atoms with Crippen molar-refractivity contribution in [2.45, 2.75) is 20.0 Å². The fourth-order valence-electron chi connectivity index (χ4n) is 1.22. The van der Waals surface area contributed by atoms with Gasteiger partial charge in [0.25, 0.3) is 11.6 Å². The Kier molecular flexibility index (Phi) is 4.45. The van der Waals surface area contributed by atoms with Gasteiger partial charge in [0, 0.05) is 18.7 Å². The van der Waals surface area contributed by atoms with E-state index < -0.39 is 11.0 Å². The van der Waals surface area contributed by atoms with Crippen LogP contribution in [0.1, 0.15) is 13.8 Å². The molecular formula is C11H14N2O4. The molecule has 0 heterocycles. The van der Waals surface area contributed by atoms with Crippen LogP contribution < -0.4 is 10.1 Å². The number of benzene rings is 1. The molecule has 0 spiro atoms. The summed E-state index contributed by atoms with van der Waals surface area (Å²) >= 11 is 0. The summed E-state index contributed by atoms with van der Waals surface area (Å²) < 4.78 is 5.33. The Morgan fingerprint density at radius 1 is 1.47 bits per heavy atom. The molecular weight excluding hydrogens is 224 g/mol. The van der Waals surface area contributed by atoms with Crippen LogP contribution >= 0.6 is 0 Å². The van der Waals surface area contributed by atoms with Gasteiger partial charge in [-0.15, -0.1) is 0 Å². The van der Waals surface area contributed by atoms with Gasteiger partial charge in [-0.3, -0.25) is 14.9 Å². The van der Waals surface area contributed by atoms with Crippen LogP contribution in [-0.2, 0) is 4.79 Å². The number of rotatable bonds is 5. The summed E-state index contributed by atoms with van der Waals surface area (Å²) in [5.74, 6) is 0.209. The largest absolute Gasteiger partial charge is 0.481 e. The normalized spacial score (nSPS) is 11.6. The number of carbonyl (C=O) groups excluding carboxylic acids is 1. The molecule has 0 aliphatic rings. The number of nitrogens with zero attached hydrogens (tertiary/aromatic N) is 1. The molecule has 1 aromatic rings. The Balaban J connectivity index is 2.63. The molecule has 1 N–H and O–H groups in total. The maximum absolute atomic E-state index is 11.4. The summed E-state index contributed by atoms with van der Waals surface area (Å²) in [7, 11) is 0. The van der Waals surface area contributed by atoms with Crippen LogP contribution in [0.4, 0.5) is 5.69 Å². The first-order valence-corrected chi connectivity index (χ1v) is 5.23. The highest BCUT2D eigenvalue weighted by Gasteiger charge is 2.13. The molecule has 1 aromatic carbocycles. The van der Waals surface area contributed by atoms with Crippen LogP contribution in [0.15, 0.2) is 24.3 Å². The lowest BCUT2D eigenvalue weighted by Crippen LogP contribution is -2.36. The van der Waals surface area contributed by atoms with E-state index in [-0.39, 0.29) is 11.6 Å². The maximum atomic E-state index is 11.4. The number of carbonyl (C=O) groups is 1. The SMILES string of the molecule is CCNC(=O)C(C)Oc1ccc([N+](=O)[O-])cc1. The van der Waals surface area contributed by atoms with E-state index in [1.165, 1.54) is 24.3 Å². The molecule has 1 amide bonds. The van der Waals surface area contributed by atoms with E-state index in [1.807, 2.05) is 6.92 Å². The average molecular weight is 238 g/mol. The third kappa shape index (κ3) is 3.75. The Morgan fingerprint density at radius 3 is 2.53 bits per heavy atom. The van der Waals surface area contributed by atoms with Crippen molar-refractivity contribution >= 4 is 11.6 Å². The number of amides is 1. The minimum Gasteiger partial charge on any atom is -0.481 e. The predicted molar refractivity (Wildman–Crippen MR) is 61.9 cm³/mol. The van der Waals surface area contributed by atoms with Gasteiger partial charge in [0.05, 0.1) is 4.92 Å². The molecule has 6 nitrogen and oxygen atoms in total. The van der Waals surface area contributed by atoms with E-state index in [0.29, 0.717) is 12.3 Å². The van der Waals surface area contributed by atoms with Crippen molar-refractivity contribution in [3.05, 3.63) is 34.4 Å². The summed E-state index contributed by atoms with van der Waals surface area (Å²) in [6.07, 6.45) is -0.628. The summed E-state index contributed by atoms with van der Waals surface area (Å²) in [5, 5.41) is 13.1. The van der Waals surface area contributed by atoms with Crippen LogP contribution in [-0.4, -0.2) is 23.5 Å². The number of ether oxygens (including phenoxy) is 1. The standard InChI is InChI=1S/C11H14N2O4/c1-3-12-11(14)8(2)17-10-6-4-9(5-7-10)13(15)16/h4-8H,3H2,1-2H3,(H,12,14). The van der Waals surface area contributed by atoms with Gasteiger partial charge < -0.3 is 10.1 Å². The number of hydrogen-bond donors (Lipinski definition) is 1. The second kappa shape index (κ2) is 5.83. The summed E-state index contributed by atoms with van der Waals surface area (Å²) in [6, 6.07) is 5.60. The number of nitro groups is 1. The molecule has 92 valence electrons. The van der Waals surface area contributed by atoms with Crippen molar-refractivity contribution in [1.29, 1.82) is 0 Å². The zero-order chi connectivity index (χ0) is 12.8. The topological polar surface area (TPSA) is 81.5 Å². The van der Waals surface area contributed by atoms with Gasteiger partial charge in [0.1, 0.15) is 5.75 Å². The molecule has 17 heavy (non-hydrogen) atoms. The Morgan fingerprint density at radius 2 is 2.06 bits per heavy atom. The number of likely N-dealkylation sites (N-methyl/N-ethyl adjacent to an activating group) is 1. The van der Waals surface area contributed by atoms with Gasteiger partial charge in [-0.1, -0.05) is 0 Å². The van der Waals surface area contributed by atoms with Crippen LogP contribution in [0, 0.1) is 10.1 Å². The van der Waals surface area contributed by atoms with E-state index in [4.69, 9.17) is 4.74 Å². The monoisotopic (exact) mass is 238 g/mol. The molecule has 0 aromatic heterocycles. The first-order chi connectivity index (χ1) is 8.04. The van der Waals surface area contributed by atoms with Crippen molar-refractivity contribution in [3.8, 4) is 5.75 Å². The fourth-order valence-corrected chi connectivity index (χ4v) is 1.22. The van der Waals surface area contributed by atoms with Crippen LogP contribution in [0.25, 0.3) is 0 Å². The molecule has 0 saturated heterocycles. The van der Waals surface area contributed by atoms with Gasteiger partial charge in [0.15, 0.2) is 6.10 Å². The van der Waals surface area contributed by atoms with Crippen molar-refractivity contribution in [3.63, 3.8) is 0 Å². The highest BCUT2D eigenvalue weighted by atomic mass is 16.6. The summed E-state index contributed by atoms with van der Waals surface area (Å²) in [6.45, 7) is 3.97. The molecule has 0 bridgehead atoms.